The van der Waals surface area contributed by atoms with Gasteiger partial charge in [0.2, 0.25) is 0 Å². The maximum Gasteiger partial charge on any atom is 0.387 e. The lowest BCUT2D eigenvalue weighted by molar-refractivity contribution is -0.140. The highest BCUT2D eigenvalue weighted by Crippen LogP contribution is 2.42. The number of pyridine rings is 1. The molecule has 0 bridgehead atoms. The summed E-state index contributed by atoms with van der Waals surface area (Å²) in [4.78, 5) is 25.6. The van der Waals surface area contributed by atoms with Gasteiger partial charge in [0, 0.05) is 22.7 Å². The van der Waals surface area contributed by atoms with Gasteiger partial charge < -0.3 is 31.2 Å². The van der Waals surface area contributed by atoms with Crippen molar-refractivity contribution in [1.82, 2.24) is 4.98 Å². The number of benzene rings is 2. The number of carbonyl (C=O) groups is 2. The Hall–Kier alpha value is -3.25. The second-order valence-electron chi connectivity index (χ2n) is 8.58. The number of nitrogens with two attached hydrogens (primary N) is 2. The van der Waals surface area contributed by atoms with Crippen molar-refractivity contribution in [3.05, 3.63) is 63.3 Å². The molecule has 6 N–H and O–H groups in total. The van der Waals surface area contributed by atoms with Crippen LogP contribution in [0.2, 0.25) is 10.0 Å². The predicted molar refractivity (Wildman–Crippen MR) is 149 cm³/mol. The van der Waals surface area contributed by atoms with Gasteiger partial charge in [0.25, 0.3) is 0 Å². The quantitative estimate of drug-likeness (QED) is 0.191. The van der Waals surface area contributed by atoms with Crippen LogP contribution in [0, 0.1) is 0 Å². The molecule has 2 aromatic carbocycles. The molecule has 0 fully saturated rings. The summed E-state index contributed by atoms with van der Waals surface area (Å²) in [6, 6.07) is 9.11. The fourth-order valence-corrected chi connectivity index (χ4v) is 4.08. The fourth-order valence-electron chi connectivity index (χ4n) is 3.75. The minimum absolute atomic E-state index is 0.0416. The summed E-state index contributed by atoms with van der Waals surface area (Å²) in [5.41, 5.74) is 12.4. The highest BCUT2D eigenvalue weighted by Gasteiger charge is 2.24. The second-order valence-corrected chi connectivity index (χ2v) is 9.43. The molecule has 0 saturated heterocycles. The van der Waals surface area contributed by atoms with Crippen LogP contribution in [0.25, 0.3) is 10.9 Å². The molecule has 9 nitrogen and oxygen atoms in total. The number of carboxylic acid groups (broad SMARTS) is 2. The van der Waals surface area contributed by atoms with Gasteiger partial charge in [0.15, 0.2) is 6.61 Å². The van der Waals surface area contributed by atoms with Crippen molar-refractivity contribution in [2.75, 3.05) is 13.2 Å². The zero-order valence-electron chi connectivity index (χ0n) is 21.7. The number of aliphatic carboxylic acids is 2. The molecule has 13 heteroatoms. The molecule has 218 valence electrons. The normalized spacial score (nSPS) is 11.6. The summed E-state index contributed by atoms with van der Waals surface area (Å²) < 4.78 is 37.0. The molecule has 0 saturated carbocycles. The molecular formula is C27H31Cl2F2N3O6. The Kier molecular flexibility index (Phi) is 13.3. The molecule has 0 aliphatic heterocycles. The van der Waals surface area contributed by atoms with Crippen LogP contribution in [0.3, 0.4) is 0 Å². The lowest BCUT2D eigenvalue weighted by Crippen LogP contribution is -2.29. The molecule has 0 amide bonds. The third kappa shape index (κ3) is 9.74. The van der Waals surface area contributed by atoms with Crippen LogP contribution < -0.4 is 20.9 Å². The van der Waals surface area contributed by atoms with Crippen LogP contribution in [0.15, 0.2) is 36.4 Å². The van der Waals surface area contributed by atoms with Crippen molar-refractivity contribution in [3.8, 4) is 11.5 Å². The summed E-state index contributed by atoms with van der Waals surface area (Å²) in [5.74, 6) is -2.24. The number of alkyl halides is 2. The molecule has 0 radical (unpaired) electrons. The van der Waals surface area contributed by atoms with E-state index in [0.29, 0.717) is 35.7 Å². The van der Waals surface area contributed by atoms with E-state index in [1.54, 1.807) is 24.3 Å². The van der Waals surface area contributed by atoms with Crippen molar-refractivity contribution in [3.63, 3.8) is 0 Å². The largest absolute Gasteiger partial charge is 0.481 e. The number of aromatic nitrogens is 1. The molecule has 0 spiro atoms. The molecular weight excluding hydrogens is 571 g/mol. The van der Waals surface area contributed by atoms with E-state index in [9.17, 15) is 18.4 Å². The van der Waals surface area contributed by atoms with Gasteiger partial charge >= 0.3 is 18.6 Å². The average Bonchev–Trinajstić information content (AvgIpc) is 2.90. The summed E-state index contributed by atoms with van der Waals surface area (Å²) in [6.45, 7) is -1.33. The number of aryl methyl sites for hydroxylation is 1. The molecule has 3 rings (SSSR count). The van der Waals surface area contributed by atoms with Gasteiger partial charge in [-0.1, -0.05) is 48.7 Å². The van der Waals surface area contributed by atoms with E-state index in [0.717, 1.165) is 18.4 Å². The van der Waals surface area contributed by atoms with Crippen LogP contribution in [0.1, 0.15) is 43.0 Å². The Balaban J connectivity index is 0.000000478. The molecule has 1 unspecified atom stereocenters. The first-order valence-corrected chi connectivity index (χ1v) is 13.1. The maximum atomic E-state index is 13.4. The van der Waals surface area contributed by atoms with Crippen LogP contribution in [0.4, 0.5) is 8.78 Å². The zero-order chi connectivity index (χ0) is 29.8. The van der Waals surface area contributed by atoms with Crippen molar-refractivity contribution < 1.29 is 38.1 Å². The van der Waals surface area contributed by atoms with Gasteiger partial charge in [-0.3, -0.25) is 9.78 Å². The third-order valence-electron chi connectivity index (χ3n) is 5.66. The van der Waals surface area contributed by atoms with E-state index in [1.807, 2.05) is 6.92 Å². The number of nitrogens with zero attached hydrogens (tertiary/aromatic N) is 1. The molecule has 0 aliphatic rings. The molecule has 1 atom stereocenters. The highest BCUT2D eigenvalue weighted by atomic mass is 35.5. The molecule has 40 heavy (non-hydrogen) atoms. The molecule has 1 heterocycles. The van der Waals surface area contributed by atoms with Gasteiger partial charge in [-0.2, -0.15) is 8.78 Å². The van der Waals surface area contributed by atoms with E-state index in [1.165, 1.54) is 12.1 Å². The van der Waals surface area contributed by atoms with Gasteiger partial charge in [0.05, 0.1) is 15.9 Å². The minimum atomic E-state index is -3.12. The van der Waals surface area contributed by atoms with Gasteiger partial charge in [-0.05, 0) is 55.6 Å². The second kappa shape index (κ2) is 16.1. The van der Waals surface area contributed by atoms with E-state index < -0.39 is 31.2 Å². The molecule has 0 aliphatic carbocycles. The van der Waals surface area contributed by atoms with Crippen molar-refractivity contribution in [2.24, 2.45) is 11.5 Å². The van der Waals surface area contributed by atoms with Gasteiger partial charge in [-0.15, -0.1) is 0 Å². The van der Waals surface area contributed by atoms with E-state index in [2.05, 4.69) is 4.98 Å². The first-order chi connectivity index (χ1) is 19.0. The third-order valence-corrected chi connectivity index (χ3v) is 6.22. The first kappa shape index (κ1) is 33.0. The van der Waals surface area contributed by atoms with Crippen LogP contribution in [-0.4, -0.2) is 52.9 Å². The Morgan fingerprint density at radius 3 is 2.30 bits per heavy atom. The van der Waals surface area contributed by atoms with Crippen LogP contribution in [0.5, 0.6) is 11.5 Å². The summed E-state index contributed by atoms with van der Waals surface area (Å²) in [5, 5.41) is 18.1. The summed E-state index contributed by atoms with van der Waals surface area (Å²) in [6.07, 6.45) is 2.85. The first-order valence-electron chi connectivity index (χ1n) is 12.3. The minimum Gasteiger partial charge on any atom is -0.481 e. The maximum absolute atomic E-state index is 13.4. The lowest BCUT2D eigenvalue weighted by Gasteiger charge is -2.19. The zero-order valence-corrected chi connectivity index (χ0v) is 23.2. The van der Waals surface area contributed by atoms with Crippen molar-refractivity contribution >= 4 is 46.0 Å². The predicted octanol–water partition coefficient (Wildman–Crippen LogP) is 5.29. The van der Waals surface area contributed by atoms with Gasteiger partial charge in [-0.25, -0.2) is 4.79 Å². The monoisotopic (exact) mass is 601 g/mol. The Morgan fingerprint density at radius 2 is 1.75 bits per heavy atom. The fraction of sp³-hybridized carbons (Fsp3) is 0.370. The number of hydrogen-bond donors (Lipinski definition) is 4. The highest BCUT2D eigenvalue weighted by molar-refractivity contribution is 6.35. The average molecular weight is 602 g/mol. The number of carboxylic acids is 2. The standard InChI is InChI=1S/C21H17Cl2F2NO4.C6H14N2O2/c1-2-15-13(9-11-3-5-12(22)6-4-11)20(30-21(24)25)18-16(29-10-17(27)28)8-7-14(23)19(18)26-15;7-4-2-1-3-5(8)6(9)10/h3-8,21H,2,9-10H2,1H3,(H,27,28);5H,1-4,7-8H2,(H,9,10). The van der Waals surface area contributed by atoms with Crippen LogP contribution >= 0.6 is 23.2 Å². The Labute approximate surface area is 240 Å². The van der Waals surface area contributed by atoms with E-state index in [-0.39, 0.29) is 33.8 Å². The lowest BCUT2D eigenvalue weighted by atomic mass is 9.98. The smallest absolute Gasteiger partial charge is 0.387 e. The number of fused-ring (bicyclic) bond motifs is 1. The van der Waals surface area contributed by atoms with Crippen molar-refractivity contribution in [2.45, 2.75) is 51.7 Å². The number of ether oxygens (including phenoxy) is 2. The summed E-state index contributed by atoms with van der Waals surface area (Å²) >= 11 is 12.2. The van der Waals surface area contributed by atoms with E-state index >= 15 is 0 Å². The molecule has 3 aromatic rings. The molecule has 1 aromatic heterocycles. The Bertz CT molecular complexity index is 1300. The SMILES string of the molecule is CCc1nc2c(Cl)ccc(OCC(=O)O)c2c(OC(F)F)c1Cc1ccc(Cl)cc1.NCCCCC(N)C(=O)O. The number of unbranched alkanes of at least 4 members (excludes halogenated alkanes) is 1. The van der Waals surface area contributed by atoms with E-state index in [4.69, 9.17) is 54.4 Å². The van der Waals surface area contributed by atoms with Crippen molar-refractivity contribution in [1.29, 1.82) is 0 Å². The number of hydrogen-bond acceptors (Lipinski definition) is 7. The topological polar surface area (TPSA) is 158 Å². The van der Waals surface area contributed by atoms with Gasteiger partial charge in [0.1, 0.15) is 17.5 Å². The number of halogens is 4. The number of rotatable bonds is 13. The van der Waals surface area contributed by atoms with Crippen LogP contribution in [-0.2, 0) is 22.4 Å². The Morgan fingerprint density at radius 1 is 1.07 bits per heavy atom. The summed E-state index contributed by atoms with van der Waals surface area (Å²) in [7, 11) is 0.